The quantitative estimate of drug-likeness (QED) is 0.230. The molecular weight excluding hydrogens is 396 g/mol. The molecule has 0 unspecified atom stereocenters. The average molecular weight is 427 g/mol. The molecule has 5 nitrogen and oxygen atoms in total. The van der Waals surface area contributed by atoms with E-state index in [0.29, 0.717) is 12.2 Å². The van der Waals surface area contributed by atoms with Gasteiger partial charge in [0.25, 0.3) is 0 Å². The molecule has 6 heteroatoms. The number of ether oxygens (including phenoxy) is 2. The number of rotatable bonds is 11. The van der Waals surface area contributed by atoms with Gasteiger partial charge < -0.3 is 14.0 Å². The largest absolute Gasteiger partial charge is 0.462 e. The third-order valence-corrected chi connectivity index (χ3v) is 5.95. The maximum atomic E-state index is 12.1. The minimum atomic E-state index is -0.310. The van der Waals surface area contributed by atoms with E-state index in [4.69, 9.17) is 14.5 Å². The maximum absolute atomic E-state index is 12.1. The molecule has 0 N–H and O–H groups in total. The molecule has 3 aromatic rings. The van der Waals surface area contributed by atoms with Gasteiger partial charge in [-0.1, -0.05) is 43.0 Å². The number of nitrogens with zero attached hydrogens (tertiary/aromatic N) is 2. The smallest absolute Gasteiger partial charge is 0.338 e. The zero-order valence-electron chi connectivity index (χ0n) is 18.0. The molecule has 0 aliphatic rings. The van der Waals surface area contributed by atoms with E-state index in [1.54, 1.807) is 11.8 Å². The molecule has 0 fully saturated rings. The Hall–Kier alpha value is -2.31. The molecule has 1 aromatic heterocycles. The highest BCUT2D eigenvalue weighted by Crippen LogP contribution is 2.28. The maximum Gasteiger partial charge on any atom is 0.338 e. The first kappa shape index (κ1) is 22.4. The summed E-state index contributed by atoms with van der Waals surface area (Å²) in [6.45, 7) is 8.62. The average Bonchev–Trinajstić information content (AvgIpc) is 3.12. The van der Waals surface area contributed by atoms with Gasteiger partial charge in [-0.05, 0) is 56.0 Å². The molecule has 0 atom stereocenters. The number of thioether (sulfide) groups is 1. The number of benzene rings is 2. The third kappa shape index (κ3) is 5.64. The Bertz CT molecular complexity index is 966. The van der Waals surface area contributed by atoms with Crippen molar-refractivity contribution in [3.05, 3.63) is 59.2 Å². The minimum Gasteiger partial charge on any atom is -0.462 e. The van der Waals surface area contributed by atoms with E-state index in [1.807, 2.05) is 32.0 Å². The molecule has 0 bridgehead atoms. The summed E-state index contributed by atoms with van der Waals surface area (Å²) in [6, 6.07) is 14.4. The van der Waals surface area contributed by atoms with E-state index < -0.39 is 0 Å². The number of imidazole rings is 1. The van der Waals surface area contributed by atoms with E-state index >= 15 is 0 Å². The fourth-order valence-electron chi connectivity index (χ4n) is 3.26. The van der Waals surface area contributed by atoms with Crippen LogP contribution >= 0.6 is 11.8 Å². The van der Waals surface area contributed by atoms with Crippen molar-refractivity contribution < 1.29 is 14.3 Å². The summed E-state index contributed by atoms with van der Waals surface area (Å²) in [5.74, 6) is 0.541. The molecule has 0 amide bonds. The first-order valence-corrected chi connectivity index (χ1v) is 11.6. The first-order valence-electron chi connectivity index (χ1n) is 10.6. The number of hydrogen-bond donors (Lipinski definition) is 0. The number of aromatic nitrogens is 2. The van der Waals surface area contributed by atoms with Crippen molar-refractivity contribution in [3.63, 3.8) is 0 Å². The number of hydrogen-bond acceptors (Lipinski definition) is 5. The van der Waals surface area contributed by atoms with Gasteiger partial charge in [0.05, 0.1) is 23.2 Å². The molecule has 30 heavy (non-hydrogen) atoms. The number of carbonyl (C=O) groups is 1. The summed E-state index contributed by atoms with van der Waals surface area (Å²) in [5, 5.41) is 0.960. The predicted octanol–water partition coefficient (Wildman–Crippen LogP) is 5.49. The van der Waals surface area contributed by atoms with Crippen LogP contribution in [0.2, 0.25) is 0 Å². The molecule has 3 rings (SSSR count). The number of aryl methyl sites for hydroxylation is 2. The number of fused-ring (bicyclic) bond motifs is 1. The normalized spacial score (nSPS) is 11.2. The molecule has 0 saturated carbocycles. The van der Waals surface area contributed by atoms with Crippen molar-refractivity contribution >= 4 is 28.8 Å². The molecule has 0 aliphatic heterocycles. The van der Waals surface area contributed by atoms with Crippen LogP contribution < -0.4 is 0 Å². The second-order valence-corrected chi connectivity index (χ2v) is 7.92. The van der Waals surface area contributed by atoms with Gasteiger partial charge in [0.1, 0.15) is 0 Å². The Morgan fingerprint density at radius 3 is 2.50 bits per heavy atom. The van der Waals surface area contributed by atoms with Crippen LogP contribution in [-0.2, 0) is 28.2 Å². The Morgan fingerprint density at radius 1 is 1.03 bits per heavy atom. The van der Waals surface area contributed by atoms with Gasteiger partial charge in [0.2, 0.25) is 0 Å². The van der Waals surface area contributed by atoms with Crippen LogP contribution in [0, 0.1) is 0 Å². The van der Waals surface area contributed by atoms with Crippen molar-refractivity contribution in [2.75, 3.05) is 19.8 Å². The topological polar surface area (TPSA) is 53.4 Å². The fraction of sp³-hybridized carbons (Fsp3) is 0.417. The second kappa shape index (κ2) is 11.2. The molecule has 2 aromatic carbocycles. The lowest BCUT2D eigenvalue weighted by molar-refractivity contribution is 0.0526. The number of carbonyl (C=O) groups excluding carboxylic acids is 1. The van der Waals surface area contributed by atoms with Gasteiger partial charge in [-0.15, -0.1) is 0 Å². The highest BCUT2D eigenvalue weighted by atomic mass is 32.2. The van der Waals surface area contributed by atoms with E-state index in [2.05, 4.69) is 35.8 Å². The lowest BCUT2D eigenvalue weighted by atomic mass is 10.1. The Balaban J connectivity index is 1.83. The summed E-state index contributed by atoms with van der Waals surface area (Å²) in [5.41, 5.74) is 5.01. The third-order valence-electron chi connectivity index (χ3n) is 4.90. The summed E-state index contributed by atoms with van der Waals surface area (Å²) in [7, 11) is 0. The van der Waals surface area contributed by atoms with Crippen molar-refractivity contribution in [2.24, 2.45) is 0 Å². The van der Waals surface area contributed by atoms with E-state index in [9.17, 15) is 4.79 Å². The van der Waals surface area contributed by atoms with Gasteiger partial charge in [-0.3, -0.25) is 0 Å². The van der Waals surface area contributed by atoms with Gasteiger partial charge in [0, 0.05) is 25.5 Å². The van der Waals surface area contributed by atoms with Crippen LogP contribution in [-0.4, -0.2) is 35.3 Å². The van der Waals surface area contributed by atoms with Crippen molar-refractivity contribution in [3.8, 4) is 0 Å². The molecule has 1 heterocycles. The summed E-state index contributed by atoms with van der Waals surface area (Å²) >= 11 is 1.72. The van der Waals surface area contributed by atoms with Crippen molar-refractivity contribution in [1.29, 1.82) is 0 Å². The molecule has 0 aliphatic carbocycles. The van der Waals surface area contributed by atoms with Crippen LogP contribution in [0.15, 0.2) is 47.6 Å². The molecular formula is C24H30N2O3S. The molecule has 0 saturated heterocycles. The van der Waals surface area contributed by atoms with Crippen molar-refractivity contribution in [1.82, 2.24) is 9.55 Å². The zero-order valence-corrected chi connectivity index (χ0v) is 18.8. The Morgan fingerprint density at radius 2 is 1.80 bits per heavy atom. The van der Waals surface area contributed by atoms with Crippen LogP contribution in [0.4, 0.5) is 0 Å². The SMILES string of the molecule is CCOCCCn1c(SCc2ccc(CC)cc2)nc2cc(C(=O)OCC)ccc21. The summed E-state index contributed by atoms with van der Waals surface area (Å²) in [4.78, 5) is 16.9. The lowest BCUT2D eigenvalue weighted by Gasteiger charge is -2.09. The van der Waals surface area contributed by atoms with Gasteiger partial charge in [-0.25, -0.2) is 9.78 Å². The van der Waals surface area contributed by atoms with Gasteiger partial charge >= 0.3 is 5.97 Å². The zero-order chi connectivity index (χ0) is 21.3. The highest BCUT2D eigenvalue weighted by molar-refractivity contribution is 7.98. The monoisotopic (exact) mass is 426 g/mol. The van der Waals surface area contributed by atoms with Gasteiger partial charge in [0.15, 0.2) is 5.16 Å². The standard InChI is InChI=1S/C24H30N2O3S/c1-4-18-8-10-19(11-9-18)17-30-24-25-21-16-20(23(27)29-6-3)12-13-22(21)26(24)14-7-15-28-5-2/h8-13,16H,4-7,14-15,17H2,1-3H3. The van der Waals surface area contributed by atoms with Crippen LogP contribution in [0.1, 0.15) is 48.7 Å². The second-order valence-electron chi connectivity index (χ2n) is 6.98. The predicted molar refractivity (Wildman–Crippen MR) is 122 cm³/mol. The molecule has 160 valence electrons. The molecule has 0 radical (unpaired) electrons. The highest BCUT2D eigenvalue weighted by Gasteiger charge is 2.15. The number of esters is 1. The van der Waals surface area contributed by atoms with E-state index in [-0.39, 0.29) is 5.97 Å². The Labute approximate surface area is 182 Å². The summed E-state index contributed by atoms with van der Waals surface area (Å²) in [6.07, 6.45) is 1.96. The van der Waals surface area contributed by atoms with E-state index in [1.165, 1.54) is 11.1 Å². The first-order chi connectivity index (χ1) is 14.7. The van der Waals surface area contributed by atoms with Crippen LogP contribution in [0.25, 0.3) is 11.0 Å². The van der Waals surface area contributed by atoms with Crippen LogP contribution in [0.3, 0.4) is 0 Å². The summed E-state index contributed by atoms with van der Waals surface area (Å²) < 4.78 is 12.9. The fourth-order valence-corrected chi connectivity index (χ4v) is 4.26. The van der Waals surface area contributed by atoms with Crippen molar-refractivity contribution in [2.45, 2.75) is 51.1 Å². The molecule has 0 spiro atoms. The lowest BCUT2D eigenvalue weighted by Crippen LogP contribution is -2.05. The van der Waals surface area contributed by atoms with E-state index in [0.717, 1.165) is 54.5 Å². The van der Waals surface area contributed by atoms with Crippen LogP contribution in [0.5, 0.6) is 0 Å². The van der Waals surface area contributed by atoms with Gasteiger partial charge in [-0.2, -0.15) is 0 Å². The Kier molecular flexibility index (Phi) is 8.34. The minimum absolute atomic E-state index is 0.310.